The summed E-state index contributed by atoms with van der Waals surface area (Å²) in [7, 11) is 21.2. The first-order valence-corrected chi connectivity index (χ1v) is 9.00. The lowest BCUT2D eigenvalue weighted by atomic mass is 10.4. The SMILES string of the molecule is CN(C)CCN(C)CCN(C)C.CN(C)CCN(C)CCN(C)C. The van der Waals surface area contributed by atoms with E-state index in [9.17, 15) is 0 Å². The predicted molar refractivity (Wildman–Crippen MR) is 109 cm³/mol. The van der Waals surface area contributed by atoms with E-state index in [0.29, 0.717) is 0 Å². The highest BCUT2D eigenvalue weighted by molar-refractivity contribution is 4.56. The minimum Gasteiger partial charge on any atom is -0.308 e. The Labute approximate surface area is 153 Å². The molecule has 0 atom stereocenters. The van der Waals surface area contributed by atoms with Crippen molar-refractivity contribution in [1.82, 2.24) is 29.4 Å². The maximum Gasteiger partial charge on any atom is 0.0107 e. The summed E-state index contributed by atoms with van der Waals surface area (Å²) < 4.78 is 0. The Bertz CT molecular complexity index is 206. The van der Waals surface area contributed by atoms with Crippen LogP contribution in [0, 0.1) is 0 Å². The molecule has 0 unspecified atom stereocenters. The van der Waals surface area contributed by atoms with E-state index in [1.165, 1.54) is 0 Å². The van der Waals surface area contributed by atoms with E-state index < -0.39 is 0 Å². The van der Waals surface area contributed by atoms with Gasteiger partial charge in [0.1, 0.15) is 0 Å². The van der Waals surface area contributed by atoms with E-state index in [2.05, 4.69) is 99.9 Å². The second-order valence-electron chi connectivity index (χ2n) is 7.82. The van der Waals surface area contributed by atoms with Gasteiger partial charge < -0.3 is 29.4 Å². The van der Waals surface area contributed by atoms with Gasteiger partial charge in [0.15, 0.2) is 0 Å². The molecule has 0 aromatic carbocycles. The van der Waals surface area contributed by atoms with Crippen molar-refractivity contribution in [1.29, 1.82) is 0 Å². The molecule has 0 bridgehead atoms. The number of nitrogens with zero attached hydrogens (tertiary/aromatic N) is 6. The fourth-order valence-electron chi connectivity index (χ4n) is 1.71. The molecule has 0 spiro atoms. The maximum absolute atomic E-state index is 2.36. The zero-order valence-corrected chi connectivity index (χ0v) is 18.3. The zero-order valence-electron chi connectivity index (χ0n) is 18.3. The number of rotatable bonds is 12. The molecule has 0 aromatic heterocycles. The lowest BCUT2D eigenvalue weighted by molar-refractivity contribution is 0.254. The number of hydrogen-bond acceptors (Lipinski definition) is 6. The third-order valence-electron chi connectivity index (χ3n) is 3.72. The number of hydrogen-bond donors (Lipinski definition) is 0. The molecule has 0 aromatic rings. The third-order valence-corrected chi connectivity index (χ3v) is 3.72. The Morgan fingerprint density at radius 3 is 0.583 bits per heavy atom. The highest BCUT2D eigenvalue weighted by atomic mass is 15.2. The van der Waals surface area contributed by atoms with Crippen LogP contribution in [-0.2, 0) is 0 Å². The molecule has 0 saturated carbocycles. The van der Waals surface area contributed by atoms with E-state index in [-0.39, 0.29) is 0 Å². The molecule has 24 heavy (non-hydrogen) atoms. The summed E-state index contributed by atoms with van der Waals surface area (Å²) in [6.45, 7) is 9.19. The van der Waals surface area contributed by atoms with E-state index in [1.54, 1.807) is 0 Å². The first-order chi connectivity index (χ1) is 11.0. The molecule has 0 aliphatic heterocycles. The van der Waals surface area contributed by atoms with E-state index in [0.717, 1.165) is 52.4 Å². The first kappa shape index (κ1) is 26.0. The Kier molecular flexibility index (Phi) is 17.6. The molecule has 6 heteroatoms. The van der Waals surface area contributed by atoms with Gasteiger partial charge in [-0.3, -0.25) is 0 Å². The molecule has 0 rings (SSSR count). The zero-order chi connectivity index (χ0) is 19.1. The van der Waals surface area contributed by atoms with Crippen LogP contribution in [0.5, 0.6) is 0 Å². The average molecular weight is 347 g/mol. The van der Waals surface area contributed by atoms with Crippen molar-refractivity contribution in [3.05, 3.63) is 0 Å². The van der Waals surface area contributed by atoms with Crippen LogP contribution in [0.3, 0.4) is 0 Å². The second kappa shape index (κ2) is 16.2. The molecule has 0 amide bonds. The van der Waals surface area contributed by atoms with Crippen molar-refractivity contribution in [2.24, 2.45) is 0 Å². The van der Waals surface area contributed by atoms with E-state index in [4.69, 9.17) is 0 Å². The third kappa shape index (κ3) is 24.0. The highest BCUT2D eigenvalue weighted by Gasteiger charge is 1.99. The molecule has 0 radical (unpaired) electrons. The van der Waals surface area contributed by atoms with Crippen LogP contribution in [0.4, 0.5) is 0 Å². The summed E-state index contributed by atoms with van der Waals surface area (Å²) in [5, 5.41) is 0. The van der Waals surface area contributed by atoms with Crippen molar-refractivity contribution in [3.8, 4) is 0 Å². The van der Waals surface area contributed by atoms with Crippen LogP contribution in [0.1, 0.15) is 0 Å². The Hall–Kier alpha value is -0.240. The molecule has 0 N–H and O–H groups in total. The van der Waals surface area contributed by atoms with Gasteiger partial charge in [-0.2, -0.15) is 0 Å². The molecule has 6 nitrogen and oxygen atoms in total. The Morgan fingerprint density at radius 2 is 0.458 bits per heavy atom. The minimum absolute atomic E-state index is 1.14. The van der Waals surface area contributed by atoms with Crippen LogP contribution >= 0.6 is 0 Å². The van der Waals surface area contributed by atoms with Crippen molar-refractivity contribution < 1.29 is 0 Å². The molecular formula is C18H46N6. The minimum atomic E-state index is 1.14. The molecule has 0 fully saturated rings. The normalized spacial score (nSPS) is 12.0. The maximum atomic E-state index is 2.36. The van der Waals surface area contributed by atoms with Crippen LogP contribution in [0.15, 0.2) is 0 Å². The topological polar surface area (TPSA) is 19.4 Å². The molecule has 0 heterocycles. The standard InChI is InChI=1S/2C9H23N3/c2*1-10(2)6-8-12(5)9-7-11(3)4/h2*6-9H2,1-5H3. The van der Waals surface area contributed by atoms with Crippen LogP contribution < -0.4 is 0 Å². The molecule has 0 aliphatic carbocycles. The predicted octanol–water partition coefficient (Wildman–Crippen LogP) is 0.0828. The highest BCUT2D eigenvalue weighted by Crippen LogP contribution is 1.85. The van der Waals surface area contributed by atoms with E-state index in [1.807, 2.05) is 0 Å². The monoisotopic (exact) mass is 346 g/mol. The van der Waals surface area contributed by atoms with Crippen molar-refractivity contribution >= 4 is 0 Å². The summed E-state index contributed by atoms with van der Waals surface area (Å²) in [6.07, 6.45) is 0. The lowest BCUT2D eigenvalue weighted by Gasteiger charge is -2.20. The quantitative estimate of drug-likeness (QED) is 0.495. The fourth-order valence-corrected chi connectivity index (χ4v) is 1.71. The van der Waals surface area contributed by atoms with Gasteiger partial charge >= 0.3 is 0 Å². The van der Waals surface area contributed by atoms with Gasteiger partial charge in [0.2, 0.25) is 0 Å². The molecule has 0 aliphatic rings. The number of likely N-dealkylation sites (N-methyl/N-ethyl adjacent to an activating group) is 6. The second-order valence-corrected chi connectivity index (χ2v) is 7.82. The first-order valence-electron chi connectivity index (χ1n) is 9.00. The fraction of sp³-hybridized carbons (Fsp3) is 1.00. The molecular weight excluding hydrogens is 300 g/mol. The Morgan fingerprint density at radius 1 is 0.292 bits per heavy atom. The van der Waals surface area contributed by atoms with Crippen LogP contribution in [0.25, 0.3) is 0 Å². The van der Waals surface area contributed by atoms with Gasteiger partial charge in [-0.25, -0.2) is 0 Å². The van der Waals surface area contributed by atoms with Crippen LogP contribution in [0.2, 0.25) is 0 Å². The van der Waals surface area contributed by atoms with Gasteiger partial charge in [-0.1, -0.05) is 0 Å². The summed E-state index contributed by atoms with van der Waals surface area (Å²) in [5.41, 5.74) is 0. The van der Waals surface area contributed by atoms with Crippen LogP contribution in [-0.4, -0.2) is 152 Å². The average Bonchev–Trinajstić information content (AvgIpc) is 2.47. The summed E-state index contributed by atoms with van der Waals surface area (Å²) in [4.78, 5) is 13.6. The van der Waals surface area contributed by atoms with Gasteiger partial charge in [-0.05, 0) is 70.5 Å². The van der Waals surface area contributed by atoms with Gasteiger partial charge in [0, 0.05) is 52.4 Å². The molecule has 0 saturated heterocycles. The van der Waals surface area contributed by atoms with Gasteiger partial charge in [0.05, 0.1) is 0 Å². The smallest absolute Gasteiger partial charge is 0.0107 e. The van der Waals surface area contributed by atoms with E-state index >= 15 is 0 Å². The summed E-state index contributed by atoms with van der Waals surface area (Å²) in [6, 6.07) is 0. The van der Waals surface area contributed by atoms with Crippen molar-refractivity contribution in [2.45, 2.75) is 0 Å². The van der Waals surface area contributed by atoms with Gasteiger partial charge in [-0.15, -0.1) is 0 Å². The lowest BCUT2D eigenvalue weighted by Crippen LogP contribution is -2.33. The summed E-state index contributed by atoms with van der Waals surface area (Å²) in [5.74, 6) is 0. The van der Waals surface area contributed by atoms with Crippen molar-refractivity contribution in [3.63, 3.8) is 0 Å². The van der Waals surface area contributed by atoms with Crippen molar-refractivity contribution in [2.75, 3.05) is 123 Å². The Balaban J connectivity index is 0. The largest absolute Gasteiger partial charge is 0.308 e. The van der Waals surface area contributed by atoms with Gasteiger partial charge in [0.25, 0.3) is 0 Å². The summed E-state index contributed by atoms with van der Waals surface area (Å²) >= 11 is 0. The molecule has 148 valence electrons.